The van der Waals surface area contributed by atoms with E-state index in [1.807, 2.05) is 0 Å². The SMILES string of the molecule is CC1=C(C2CCCCC2)OC(C2CCCCC2)N1c1ccccc1C. The molecule has 0 amide bonds. The van der Waals surface area contributed by atoms with Crippen LogP contribution in [0.15, 0.2) is 35.7 Å². The van der Waals surface area contributed by atoms with Crippen LogP contribution in [0.4, 0.5) is 5.69 Å². The van der Waals surface area contributed by atoms with E-state index < -0.39 is 0 Å². The molecule has 1 aliphatic heterocycles. The first-order chi connectivity index (χ1) is 12.3. The van der Waals surface area contributed by atoms with E-state index in [9.17, 15) is 0 Å². The molecule has 1 aromatic rings. The Bertz CT molecular complexity index is 623. The van der Waals surface area contributed by atoms with E-state index in [4.69, 9.17) is 4.74 Å². The first kappa shape index (κ1) is 17.0. The third kappa shape index (κ3) is 3.32. The van der Waals surface area contributed by atoms with Crippen LogP contribution in [0.3, 0.4) is 0 Å². The lowest BCUT2D eigenvalue weighted by Gasteiger charge is -2.35. The van der Waals surface area contributed by atoms with E-state index in [1.54, 1.807) is 0 Å². The monoisotopic (exact) mass is 339 g/mol. The molecule has 1 unspecified atom stereocenters. The van der Waals surface area contributed by atoms with Gasteiger partial charge < -0.3 is 9.64 Å². The minimum Gasteiger partial charge on any atom is -0.472 e. The van der Waals surface area contributed by atoms with Crippen LogP contribution >= 0.6 is 0 Å². The standard InChI is InChI=1S/C23H33NO/c1-17-11-9-10-16-21(17)24-18(2)22(19-12-5-3-6-13-19)25-23(24)20-14-7-4-8-15-20/h9-11,16,19-20,23H,3-8,12-15H2,1-2H3. The van der Waals surface area contributed by atoms with Crippen molar-refractivity contribution in [1.29, 1.82) is 0 Å². The van der Waals surface area contributed by atoms with Crippen molar-refractivity contribution < 1.29 is 4.74 Å². The summed E-state index contributed by atoms with van der Waals surface area (Å²) in [6.45, 7) is 4.54. The molecule has 1 aromatic carbocycles. The minimum absolute atomic E-state index is 0.221. The molecular weight excluding hydrogens is 306 g/mol. The van der Waals surface area contributed by atoms with Gasteiger partial charge in [0, 0.05) is 17.5 Å². The number of benzene rings is 1. The highest BCUT2D eigenvalue weighted by Gasteiger charge is 2.40. The highest BCUT2D eigenvalue weighted by molar-refractivity contribution is 5.59. The number of allylic oxidation sites excluding steroid dienone is 2. The molecule has 2 aliphatic carbocycles. The second-order valence-corrected chi connectivity index (χ2v) is 8.35. The van der Waals surface area contributed by atoms with Crippen LogP contribution in [-0.4, -0.2) is 6.23 Å². The van der Waals surface area contributed by atoms with Crippen LogP contribution < -0.4 is 4.90 Å². The molecule has 0 N–H and O–H groups in total. The van der Waals surface area contributed by atoms with E-state index in [0.29, 0.717) is 11.8 Å². The smallest absolute Gasteiger partial charge is 0.178 e. The molecule has 0 bridgehead atoms. The van der Waals surface area contributed by atoms with Gasteiger partial charge in [0.25, 0.3) is 0 Å². The zero-order valence-corrected chi connectivity index (χ0v) is 16.0. The molecule has 2 saturated carbocycles. The Balaban J connectivity index is 1.68. The van der Waals surface area contributed by atoms with Crippen molar-refractivity contribution in [2.75, 3.05) is 4.90 Å². The molecule has 1 heterocycles. The summed E-state index contributed by atoms with van der Waals surface area (Å²) in [6.07, 6.45) is 13.7. The third-order valence-electron chi connectivity index (χ3n) is 6.62. The minimum atomic E-state index is 0.221. The topological polar surface area (TPSA) is 12.5 Å². The van der Waals surface area contributed by atoms with Crippen molar-refractivity contribution in [3.8, 4) is 0 Å². The Morgan fingerprint density at radius 2 is 1.48 bits per heavy atom. The van der Waals surface area contributed by atoms with Gasteiger partial charge in [0.2, 0.25) is 0 Å². The summed E-state index contributed by atoms with van der Waals surface area (Å²) in [7, 11) is 0. The fourth-order valence-corrected chi connectivity index (χ4v) is 5.21. The molecule has 2 nitrogen and oxygen atoms in total. The summed E-state index contributed by atoms with van der Waals surface area (Å²) in [5, 5.41) is 0. The Morgan fingerprint density at radius 1 is 0.840 bits per heavy atom. The van der Waals surface area contributed by atoms with Gasteiger partial charge in [0.15, 0.2) is 6.23 Å². The first-order valence-corrected chi connectivity index (χ1v) is 10.5. The van der Waals surface area contributed by atoms with Gasteiger partial charge in [-0.05, 0) is 51.2 Å². The Labute approximate surface area is 153 Å². The van der Waals surface area contributed by atoms with E-state index in [0.717, 1.165) is 0 Å². The van der Waals surface area contributed by atoms with E-state index in [1.165, 1.54) is 86.9 Å². The van der Waals surface area contributed by atoms with Crippen molar-refractivity contribution in [2.45, 2.75) is 84.3 Å². The molecule has 0 saturated heterocycles. The molecule has 2 fully saturated rings. The number of aryl methyl sites for hydroxylation is 1. The molecule has 3 aliphatic rings. The van der Waals surface area contributed by atoms with Crippen molar-refractivity contribution >= 4 is 5.69 Å². The number of hydrogen-bond donors (Lipinski definition) is 0. The lowest BCUT2D eigenvalue weighted by Crippen LogP contribution is -2.38. The van der Waals surface area contributed by atoms with Gasteiger partial charge in [0.05, 0.1) is 5.70 Å². The van der Waals surface area contributed by atoms with Crippen LogP contribution in [0.1, 0.15) is 76.7 Å². The van der Waals surface area contributed by atoms with Gasteiger partial charge in [-0.2, -0.15) is 0 Å². The summed E-state index contributed by atoms with van der Waals surface area (Å²) in [5.41, 5.74) is 4.09. The summed E-state index contributed by atoms with van der Waals surface area (Å²) >= 11 is 0. The Kier molecular flexibility index (Phi) is 5.05. The van der Waals surface area contributed by atoms with Gasteiger partial charge in [-0.15, -0.1) is 0 Å². The van der Waals surface area contributed by atoms with E-state index in [2.05, 4.69) is 43.0 Å². The second kappa shape index (κ2) is 7.43. The number of ether oxygens (including phenoxy) is 1. The number of anilines is 1. The zero-order chi connectivity index (χ0) is 17.2. The van der Waals surface area contributed by atoms with Crippen molar-refractivity contribution in [2.24, 2.45) is 11.8 Å². The fraction of sp³-hybridized carbons (Fsp3) is 0.652. The maximum Gasteiger partial charge on any atom is 0.178 e. The molecule has 0 spiro atoms. The summed E-state index contributed by atoms with van der Waals surface area (Å²) in [4.78, 5) is 2.55. The van der Waals surface area contributed by atoms with Gasteiger partial charge in [0.1, 0.15) is 5.76 Å². The van der Waals surface area contributed by atoms with E-state index >= 15 is 0 Å². The maximum atomic E-state index is 6.78. The van der Waals surface area contributed by atoms with Gasteiger partial charge >= 0.3 is 0 Å². The molecule has 136 valence electrons. The van der Waals surface area contributed by atoms with Crippen LogP contribution in [0.25, 0.3) is 0 Å². The quantitative estimate of drug-likeness (QED) is 0.619. The Morgan fingerprint density at radius 3 is 2.16 bits per heavy atom. The number of nitrogens with zero attached hydrogens (tertiary/aromatic N) is 1. The van der Waals surface area contributed by atoms with Gasteiger partial charge in [-0.1, -0.05) is 56.7 Å². The van der Waals surface area contributed by atoms with Crippen molar-refractivity contribution in [3.05, 3.63) is 41.3 Å². The number of rotatable bonds is 3. The molecule has 4 rings (SSSR count). The van der Waals surface area contributed by atoms with Crippen LogP contribution in [0.2, 0.25) is 0 Å². The normalized spacial score (nSPS) is 26.2. The predicted octanol–water partition coefficient (Wildman–Crippen LogP) is 6.55. The summed E-state index contributed by atoms with van der Waals surface area (Å²) in [6, 6.07) is 8.83. The molecule has 1 atom stereocenters. The third-order valence-corrected chi connectivity index (χ3v) is 6.62. The molecule has 2 heteroatoms. The zero-order valence-electron chi connectivity index (χ0n) is 16.0. The summed E-state index contributed by atoms with van der Waals surface area (Å²) < 4.78 is 6.78. The summed E-state index contributed by atoms with van der Waals surface area (Å²) in [5.74, 6) is 2.64. The lowest BCUT2D eigenvalue weighted by atomic mass is 9.87. The number of hydrogen-bond acceptors (Lipinski definition) is 2. The maximum absolute atomic E-state index is 6.78. The molecular formula is C23H33NO. The second-order valence-electron chi connectivity index (χ2n) is 8.35. The number of para-hydroxylation sites is 1. The highest BCUT2D eigenvalue weighted by atomic mass is 16.5. The predicted molar refractivity (Wildman–Crippen MR) is 104 cm³/mol. The van der Waals surface area contributed by atoms with Gasteiger partial charge in [-0.3, -0.25) is 0 Å². The first-order valence-electron chi connectivity index (χ1n) is 10.5. The average molecular weight is 340 g/mol. The molecule has 0 radical (unpaired) electrons. The van der Waals surface area contributed by atoms with Gasteiger partial charge in [-0.25, -0.2) is 0 Å². The fourth-order valence-electron chi connectivity index (χ4n) is 5.21. The molecule has 25 heavy (non-hydrogen) atoms. The lowest BCUT2D eigenvalue weighted by molar-refractivity contribution is 0.0513. The van der Waals surface area contributed by atoms with Crippen molar-refractivity contribution in [1.82, 2.24) is 0 Å². The van der Waals surface area contributed by atoms with E-state index in [-0.39, 0.29) is 6.23 Å². The van der Waals surface area contributed by atoms with Crippen LogP contribution in [0.5, 0.6) is 0 Å². The highest BCUT2D eigenvalue weighted by Crippen LogP contribution is 2.45. The van der Waals surface area contributed by atoms with Crippen LogP contribution in [-0.2, 0) is 4.74 Å². The average Bonchev–Trinajstić information content (AvgIpc) is 3.01. The molecule has 0 aromatic heterocycles. The Hall–Kier alpha value is -1.44. The van der Waals surface area contributed by atoms with Crippen molar-refractivity contribution in [3.63, 3.8) is 0 Å². The van der Waals surface area contributed by atoms with Crippen LogP contribution in [0, 0.1) is 18.8 Å². The largest absolute Gasteiger partial charge is 0.472 e.